The van der Waals surface area contributed by atoms with Gasteiger partial charge in [-0.3, -0.25) is 0 Å². The predicted molar refractivity (Wildman–Crippen MR) is 64.9 cm³/mol. The Morgan fingerprint density at radius 1 is 0.944 bits per heavy atom. The molecule has 0 aliphatic rings. The van der Waals surface area contributed by atoms with Crippen LogP contribution in [0.2, 0.25) is 0 Å². The third-order valence-electron chi connectivity index (χ3n) is 2.68. The maximum atomic E-state index is 13.2. The minimum absolute atomic E-state index is 0.411. The molecule has 0 saturated heterocycles. The van der Waals surface area contributed by atoms with Gasteiger partial charge in [0.1, 0.15) is 0 Å². The molecule has 0 aromatic heterocycles. The highest BCUT2D eigenvalue weighted by Crippen LogP contribution is 2.24. The summed E-state index contributed by atoms with van der Waals surface area (Å²) >= 11 is 0. The summed E-state index contributed by atoms with van der Waals surface area (Å²) in [5, 5.41) is 11.7. The molecule has 2 nitrogen and oxygen atoms in total. The Morgan fingerprint density at radius 2 is 1.67 bits per heavy atom. The second-order valence-corrected chi connectivity index (χ2v) is 3.83. The number of benzene rings is 2. The Labute approximate surface area is 103 Å². The van der Waals surface area contributed by atoms with E-state index in [2.05, 4.69) is 5.16 Å². The molecule has 0 aliphatic heterocycles. The molecular weight excluding hydrogens is 236 g/mol. The van der Waals surface area contributed by atoms with E-state index in [0.29, 0.717) is 5.56 Å². The van der Waals surface area contributed by atoms with Gasteiger partial charge in [-0.05, 0) is 23.3 Å². The smallest absolute Gasteiger partial charge is 0.159 e. The van der Waals surface area contributed by atoms with Gasteiger partial charge in [0.15, 0.2) is 11.6 Å². The molecule has 0 spiro atoms. The molecular formula is C14H11F2NO. The molecule has 2 rings (SSSR count). The average molecular weight is 247 g/mol. The van der Waals surface area contributed by atoms with Crippen LogP contribution in [0.15, 0.2) is 53.7 Å². The summed E-state index contributed by atoms with van der Waals surface area (Å²) in [6, 6.07) is 12.8. The van der Waals surface area contributed by atoms with Crippen molar-refractivity contribution in [2.24, 2.45) is 5.16 Å². The van der Waals surface area contributed by atoms with Gasteiger partial charge in [0.2, 0.25) is 0 Å². The first-order valence-electron chi connectivity index (χ1n) is 5.40. The molecule has 0 amide bonds. The lowest BCUT2D eigenvalue weighted by Gasteiger charge is -2.12. The van der Waals surface area contributed by atoms with Crippen LogP contribution in [0.3, 0.4) is 0 Å². The molecule has 0 fully saturated rings. The fourth-order valence-corrected chi connectivity index (χ4v) is 1.80. The number of rotatable bonds is 3. The zero-order valence-corrected chi connectivity index (χ0v) is 9.42. The van der Waals surface area contributed by atoms with Crippen LogP contribution in [0.4, 0.5) is 8.78 Å². The van der Waals surface area contributed by atoms with Crippen molar-refractivity contribution in [1.82, 2.24) is 0 Å². The fourth-order valence-electron chi connectivity index (χ4n) is 1.80. The van der Waals surface area contributed by atoms with Crippen molar-refractivity contribution in [2.45, 2.75) is 5.92 Å². The highest BCUT2D eigenvalue weighted by atomic mass is 19.2. The van der Waals surface area contributed by atoms with Crippen LogP contribution >= 0.6 is 0 Å². The Kier molecular flexibility index (Phi) is 3.67. The van der Waals surface area contributed by atoms with Crippen molar-refractivity contribution >= 4 is 6.21 Å². The molecule has 92 valence electrons. The van der Waals surface area contributed by atoms with Crippen LogP contribution in [0, 0.1) is 11.6 Å². The second-order valence-electron chi connectivity index (χ2n) is 3.83. The molecule has 2 aromatic carbocycles. The van der Waals surface area contributed by atoms with Gasteiger partial charge in [-0.15, -0.1) is 5.16 Å². The molecule has 4 heteroatoms. The minimum Gasteiger partial charge on any atom is -0.411 e. The summed E-state index contributed by atoms with van der Waals surface area (Å²) in [6.45, 7) is 0. The van der Waals surface area contributed by atoms with E-state index >= 15 is 0 Å². The number of oxime groups is 1. The first-order valence-corrected chi connectivity index (χ1v) is 5.40. The van der Waals surface area contributed by atoms with Crippen LogP contribution in [0.5, 0.6) is 0 Å². The molecule has 18 heavy (non-hydrogen) atoms. The number of nitrogens with zero attached hydrogens (tertiary/aromatic N) is 1. The van der Waals surface area contributed by atoms with E-state index in [1.165, 1.54) is 12.3 Å². The van der Waals surface area contributed by atoms with Crippen molar-refractivity contribution in [2.75, 3.05) is 0 Å². The van der Waals surface area contributed by atoms with Crippen LogP contribution in [-0.4, -0.2) is 11.4 Å². The summed E-state index contributed by atoms with van der Waals surface area (Å²) in [5.74, 6) is -2.22. The molecule has 0 radical (unpaired) electrons. The highest BCUT2D eigenvalue weighted by molar-refractivity contribution is 5.72. The average Bonchev–Trinajstić information content (AvgIpc) is 2.40. The first-order chi connectivity index (χ1) is 8.72. The third-order valence-corrected chi connectivity index (χ3v) is 2.68. The minimum atomic E-state index is -0.917. The first kappa shape index (κ1) is 12.2. The summed E-state index contributed by atoms with van der Waals surface area (Å²) in [4.78, 5) is 0. The molecule has 0 heterocycles. The zero-order valence-electron chi connectivity index (χ0n) is 9.42. The van der Waals surface area contributed by atoms with Crippen LogP contribution in [0.1, 0.15) is 17.0 Å². The number of hydrogen-bond acceptors (Lipinski definition) is 2. The monoisotopic (exact) mass is 247 g/mol. The van der Waals surface area contributed by atoms with Crippen molar-refractivity contribution in [1.29, 1.82) is 0 Å². The summed E-state index contributed by atoms with van der Waals surface area (Å²) in [5.41, 5.74) is 1.36. The Balaban J connectivity index is 2.45. The SMILES string of the molecule is O/N=C/C(c1ccccc1)c1ccc(F)c(F)c1. The Hall–Kier alpha value is -2.23. The third kappa shape index (κ3) is 2.53. The Morgan fingerprint density at radius 3 is 2.28 bits per heavy atom. The van der Waals surface area contributed by atoms with Gasteiger partial charge in [0.05, 0.1) is 6.21 Å². The van der Waals surface area contributed by atoms with Crippen molar-refractivity contribution in [3.8, 4) is 0 Å². The lowest BCUT2D eigenvalue weighted by Crippen LogP contribution is -2.03. The van der Waals surface area contributed by atoms with Gasteiger partial charge in [-0.25, -0.2) is 8.78 Å². The maximum Gasteiger partial charge on any atom is 0.159 e. The van der Waals surface area contributed by atoms with E-state index in [-0.39, 0.29) is 0 Å². The molecule has 1 atom stereocenters. The lowest BCUT2D eigenvalue weighted by atomic mass is 9.92. The summed E-state index contributed by atoms with van der Waals surface area (Å²) in [7, 11) is 0. The maximum absolute atomic E-state index is 13.2. The molecule has 1 N–H and O–H groups in total. The van der Waals surface area contributed by atoms with Gasteiger partial charge < -0.3 is 5.21 Å². The van der Waals surface area contributed by atoms with Crippen LogP contribution < -0.4 is 0 Å². The van der Waals surface area contributed by atoms with E-state index in [9.17, 15) is 8.78 Å². The van der Waals surface area contributed by atoms with E-state index in [4.69, 9.17) is 5.21 Å². The largest absolute Gasteiger partial charge is 0.411 e. The van der Waals surface area contributed by atoms with Crippen LogP contribution in [-0.2, 0) is 0 Å². The molecule has 0 bridgehead atoms. The van der Waals surface area contributed by atoms with Crippen molar-refractivity contribution in [3.63, 3.8) is 0 Å². The van der Waals surface area contributed by atoms with Crippen molar-refractivity contribution < 1.29 is 14.0 Å². The lowest BCUT2D eigenvalue weighted by molar-refractivity contribution is 0.320. The number of halogens is 2. The Bertz CT molecular complexity index is 555. The van der Waals surface area contributed by atoms with E-state index in [1.807, 2.05) is 30.3 Å². The zero-order chi connectivity index (χ0) is 13.0. The van der Waals surface area contributed by atoms with Gasteiger partial charge >= 0.3 is 0 Å². The predicted octanol–water partition coefficient (Wildman–Crippen LogP) is 3.56. The van der Waals surface area contributed by atoms with Gasteiger partial charge in [-0.2, -0.15) is 0 Å². The molecule has 2 aromatic rings. The highest BCUT2D eigenvalue weighted by Gasteiger charge is 2.14. The summed E-state index contributed by atoms with van der Waals surface area (Å²) < 4.78 is 26.1. The van der Waals surface area contributed by atoms with E-state index < -0.39 is 17.6 Å². The molecule has 0 aliphatic carbocycles. The molecule has 1 unspecified atom stereocenters. The quantitative estimate of drug-likeness (QED) is 0.502. The van der Waals surface area contributed by atoms with E-state index in [1.54, 1.807) is 0 Å². The fraction of sp³-hybridized carbons (Fsp3) is 0.0714. The van der Waals surface area contributed by atoms with Crippen LogP contribution in [0.25, 0.3) is 0 Å². The summed E-state index contributed by atoms with van der Waals surface area (Å²) in [6.07, 6.45) is 1.28. The molecule has 0 saturated carbocycles. The van der Waals surface area contributed by atoms with Gasteiger partial charge in [0, 0.05) is 5.92 Å². The van der Waals surface area contributed by atoms with E-state index in [0.717, 1.165) is 17.7 Å². The normalized spacial score (nSPS) is 12.8. The second kappa shape index (κ2) is 5.40. The van der Waals surface area contributed by atoms with Gasteiger partial charge in [0.25, 0.3) is 0 Å². The standard InChI is InChI=1S/C14H11F2NO/c15-13-7-6-11(8-14(13)16)12(9-17-18)10-4-2-1-3-5-10/h1-9,12,18H/b17-9+. The topological polar surface area (TPSA) is 32.6 Å². The van der Waals surface area contributed by atoms with Gasteiger partial charge in [-0.1, -0.05) is 36.4 Å². The number of hydrogen-bond donors (Lipinski definition) is 1. The van der Waals surface area contributed by atoms with Crippen molar-refractivity contribution in [3.05, 3.63) is 71.3 Å².